The van der Waals surface area contributed by atoms with Crippen molar-refractivity contribution in [3.05, 3.63) is 23.5 Å². The Morgan fingerprint density at radius 1 is 1.72 bits per heavy atom. The van der Waals surface area contributed by atoms with Gasteiger partial charge in [-0.2, -0.15) is 5.26 Å². The van der Waals surface area contributed by atoms with Crippen LogP contribution in [0.4, 0.5) is 5.69 Å². The number of anilines is 1. The van der Waals surface area contributed by atoms with Crippen LogP contribution in [0.1, 0.15) is 23.0 Å². The Labute approximate surface area is 104 Å². The van der Waals surface area contributed by atoms with E-state index in [9.17, 15) is 4.79 Å². The molecule has 1 aromatic heterocycles. The molecule has 0 amide bonds. The van der Waals surface area contributed by atoms with Crippen LogP contribution in [0.25, 0.3) is 0 Å². The van der Waals surface area contributed by atoms with Crippen LogP contribution >= 0.6 is 0 Å². The van der Waals surface area contributed by atoms with Gasteiger partial charge in [-0.1, -0.05) is 0 Å². The predicted molar refractivity (Wildman–Crippen MR) is 63.5 cm³/mol. The highest BCUT2D eigenvalue weighted by molar-refractivity contribution is 5.92. The number of nitrogens with zero attached hydrogens (tertiary/aromatic N) is 3. The number of rotatable bonds is 2. The molecule has 0 radical (unpaired) electrons. The molecule has 2 rings (SSSR count). The van der Waals surface area contributed by atoms with Crippen LogP contribution in [-0.2, 0) is 4.74 Å². The lowest BCUT2D eigenvalue weighted by Crippen LogP contribution is -2.42. The minimum atomic E-state index is -1.09. The fourth-order valence-electron chi connectivity index (χ4n) is 1.96. The average Bonchev–Trinajstić information content (AvgIpc) is 2.38. The van der Waals surface area contributed by atoms with Gasteiger partial charge >= 0.3 is 5.97 Å². The van der Waals surface area contributed by atoms with E-state index in [-0.39, 0.29) is 11.8 Å². The Morgan fingerprint density at radius 2 is 2.50 bits per heavy atom. The standard InChI is InChI=1S/C12H13N3O3/c1-8-7-15(2-3-18-8)10-4-9(5-13)6-14-11(10)12(16)17/h4,6,8H,2-3,7H2,1H3,(H,16,17)/t8-/m0/s1. The van der Waals surface area contributed by atoms with E-state index in [0.29, 0.717) is 30.9 Å². The smallest absolute Gasteiger partial charge is 0.356 e. The van der Waals surface area contributed by atoms with Crippen molar-refractivity contribution < 1.29 is 14.6 Å². The number of aromatic nitrogens is 1. The fourth-order valence-corrected chi connectivity index (χ4v) is 1.96. The maximum atomic E-state index is 11.1. The molecule has 1 N–H and O–H groups in total. The van der Waals surface area contributed by atoms with Gasteiger partial charge in [0.25, 0.3) is 0 Å². The van der Waals surface area contributed by atoms with Crippen molar-refractivity contribution in [1.82, 2.24) is 4.98 Å². The van der Waals surface area contributed by atoms with Crippen molar-refractivity contribution in [3.63, 3.8) is 0 Å². The van der Waals surface area contributed by atoms with Crippen LogP contribution in [0.5, 0.6) is 0 Å². The highest BCUT2D eigenvalue weighted by Crippen LogP contribution is 2.22. The van der Waals surface area contributed by atoms with Crippen LogP contribution in [0.2, 0.25) is 0 Å². The Kier molecular flexibility index (Phi) is 3.44. The first-order valence-corrected chi connectivity index (χ1v) is 5.62. The van der Waals surface area contributed by atoms with Gasteiger partial charge in [0.05, 0.1) is 24.0 Å². The number of nitriles is 1. The van der Waals surface area contributed by atoms with E-state index in [2.05, 4.69) is 4.98 Å². The Bertz CT molecular complexity index is 510. The number of aromatic carboxylic acids is 1. The molecule has 94 valence electrons. The molecule has 1 aromatic rings. The molecule has 1 atom stereocenters. The van der Waals surface area contributed by atoms with Gasteiger partial charge in [-0.3, -0.25) is 0 Å². The van der Waals surface area contributed by atoms with Gasteiger partial charge in [0, 0.05) is 19.3 Å². The number of pyridine rings is 1. The number of carboxylic acid groups (broad SMARTS) is 1. The van der Waals surface area contributed by atoms with Gasteiger partial charge in [0.1, 0.15) is 6.07 Å². The second-order valence-electron chi connectivity index (χ2n) is 4.14. The first-order valence-electron chi connectivity index (χ1n) is 5.62. The molecule has 1 aliphatic rings. The molecule has 1 fully saturated rings. The minimum Gasteiger partial charge on any atom is -0.476 e. The molecule has 0 spiro atoms. The first kappa shape index (κ1) is 12.3. The van der Waals surface area contributed by atoms with Crippen molar-refractivity contribution in [2.24, 2.45) is 0 Å². The summed E-state index contributed by atoms with van der Waals surface area (Å²) >= 11 is 0. The highest BCUT2D eigenvalue weighted by Gasteiger charge is 2.23. The summed E-state index contributed by atoms with van der Waals surface area (Å²) in [6.07, 6.45) is 1.31. The van der Waals surface area contributed by atoms with E-state index < -0.39 is 5.97 Å². The monoisotopic (exact) mass is 247 g/mol. The number of hydrogen-bond acceptors (Lipinski definition) is 5. The third kappa shape index (κ3) is 2.41. The molecule has 6 heteroatoms. The van der Waals surface area contributed by atoms with Gasteiger partial charge < -0.3 is 14.7 Å². The highest BCUT2D eigenvalue weighted by atomic mass is 16.5. The summed E-state index contributed by atoms with van der Waals surface area (Å²) in [5.41, 5.74) is 0.814. The SMILES string of the molecule is C[C@H]1CN(c2cc(C#N)cnc2C(=O)O)CCO1. The second-order valence-corrected chi connectivity index (χ2v) is 4.14. The van der Waals surface area contributed by atoms with Gasteiger partial charge in [-0.05, 0) is 13.0 Å². The zero-order chi connectivity index (χ0) is 13.1. The van der Waals surface area contributed by atoms with E-state index >= 15 is 0 Å². The third-order valence-corrected chi connectivity index (χ3v) is 2.78. The Morgan fingerprint density at radius 3 is 3.11 bits per heavy atom. The zero-order valence-electron chi connectivity index (χ0n) is 9.96. The van der Waals surface area contributed by atoms with Crippen molar-refractivity contribution in [2.45, 2.75) is 13.0 Å². The Hall–Kier alpha value is -2.13. The number of morpholine rings is 1. The van der Waals surface area contributed by atoms with Gasteiger partial charge in [-0.15, -0.1) is 0 Å². The summed E-state index contributed by atoms with van der Waals surface area (Å²) in [7, 11) is 0. The molecule has 0 unspecified atom stereocenters. The molecule has 0 bridgehead atoms. The molecular weight excluding hydrogens is 234 g/mol. The summed E-state index contributed by atoms with van der Waals surface area (Å²) in [6, 6.07) is 3.53. The van der Waals surface area contributed by atoms with E-state index in [4.69, 9.17) is 15.1 Å². The molecule has 18 heavy (non-hydrogen) atoms. The molecule has 6 nitrogen and oxygen atoms in total. The maximum absolute atomic E-state index is 11.1. The van der Waals surface area contributed by atoms with E-state index in [1.165, 1.54) is 6.20 Å². The lowest BCUT2D eigenvalue weighted by molar-refractivity contribution is 0.0527. The van der Waals surface area contributed by atoms with Crippen LogP contribution in [0.15, 0.2) is 12.3 Å². The van der Waals surface area contributed by atoms with Crippen molar-refractivity contribution in [2.75, 3.05) is 24.6 Å². The summed E-state index contributed by atoms with van der Waals surface area (Å²) in [5, 5.41) is 18.0. The van der Waals surface area contributed by atoms with Crippen LogP contribution < -0.4 is 4.90 Å². The molecule has 2 heterocycles. The maximum Gasteiger partial charge on any atom is 0.356 e. The number of carbonyl (C=O) groups is 1. The molecule has 0 saturated carbocycles. The van der Waals surface area contributed by atoms with Gasteiger partial charge in [0.2, 0.25) is 0 Å². The first-order chi connectivity index (χ1) is 8.61. The second kappa shape index (κ2) is 5.02. The summed E-state index contributed by atoms with van der Waals surface area (Å²) in [6.45, 7) is 3.66. The van der Waals surface area contributed by atoms with Crippen LogP contribution in [0, 0.1) is 11.3 Å². The quantitative estimate of drug-likeness (QED) is 0.834. The number of carboxylic acids is 1. The molecule has 0 aliphatic carbocycles. The largest absolute Gasteiger partial charge is 0.476 e. The van der Waals surface area contributed by atoms with Gasteiger partial charge in [-0.25, -0.2) is 9.78 Å². The van der Waals surface area contributed by atoms with Crippen LogP contribution in [-0.4, -0.2) is 41.9 Å². The summed E-state index contributed by atoms with van der Waals surface area (Å²) in [5.74, 6) is -1.09. The van der Waals surface area contributed by atoms with Crippen molar-refractivity contribution >= 4 is 11.7 Å². The van der Waals surface area contributed by atoms with Crippen molar-refractivity contribution in [1.29, 1.82) is 5.26 Å². The fraction of sp³-hybridized carbons (Fsp3) is 0.417. The molecule has 1 aliphatic heterocycles. The molecule has 1 saturated heterocycles. The lowest BCUT2D eigenvalue weighted by Gasteiger charge is -2.33. The van der Waals surface area contributed by atoms with Crippen LogP contribution in [0.3, 0.4) is 0 Å². The minimum absolute atomic E-state index is 0.0249. The van der Waals surface area contributed by atoms with E-state index in [0.717, 1.165) is 0 Å². The van der Waals surface area contributed by atoms with E-state index in [1.807, 2.05) is 17.9 Å². The lowest BCUT2D eigenvalue weighted by atomic mass is 10.2. The number of hydrogen-bond donors (Lipinski definition) is 1. The normalized spacial score (nSPS) is 19.3. The average molecular weight is 247 g/mol. The van der Waals surface area contributed by atoms with Crippen molar-refractivity contribution in [3.8, 4) is 6.07 Å². The summed E-state index contributed by atoms with van der Waals surface area (Å²) in [4.78, 5) is 16.9. The summed E-state index contributed by atoms with van der Waals surface area (Å²) < 4.78 is 5.41. The number of ether oxygens (including phenoxy) is 1. The molecule has 0 aromatic carbocycles. The van der Waals surface area contributed by atoms with Gasteiger partial charge in [0.15, 0.2) is 5.69 Å². The molecular formula is C12H13N3O3. The zero-order valence-corrected chi connectivity index (χ0v) is 9.96. The van der Waals surface area contributed by atoms with E-state index in [1.54, 1.807) is 6.07 Å². The third-order valence-electron chi connectivity index (χ3n) is 2.78. The predicted octanol–water partition coefficient (Wildman–Crippen LogP) is 0.877. The Balaban J connectivity index is 2.40. The topological polar surface area (TPSA) is 86.5 Å².